The second-order valence-corrected chi connectivity index (χ2v) is 4.42. The summed E-state index contributed by atoms with van der Waals surface area (Å²) in [4.78, 5) is 15.9. The van der Waals surface area contributed by atoms with Gasteiger partial charge < -0.3 is 15.2 Å². The molecule has 0 aromatic carbocycles. The summed E-state index contributed by atoms with van der Waals surface area (Å²) in [6.07, 6.45) is 3.86. The van der Waals surface area contributed by atoms with E-state index in [1.54, 1.807) is 17.1 Å². The molecule has 3 rings (SSSR count). The molecule has 1 aliphatic heterocycles. The number of aryl methyl sites for hydroxylation is 1. The van der Waals surface area contributed by atoms with Gasteiger partial charge in [-0.3, -0.25) is 9.48 Å². The highest BCUT2D eigenvalue weighted by Crippen LogP contribution is 2.15. The largest absolute Gasteiger partial charge is 0.353 e. The minimum Gasteiger partial charge on any atom is -0.353 e. The van der Waals surface area contributed by atoms with Gasteiger partial charge in [0.2, 0.25) is 17.6 Å². The molecule has 1 unspecified atom stereocenters. The van der Waals surface area contributed by atoms with Gasteiger partial charge in [0.05, 0.1) is 24.2 Å². The van der Waals surface area contributed by atoms with Crippen molar-refractivity contribution in [3.8, 4) is 11.4 Å². The third-order valence-electron chi connectivity index (χ3n) is 2.94. The highest BCUT2D eigenvalue weighted by Gasteiger charge is 2.24. The van der Waals surface area contributed by atoms with E-state index >= 15 is 0 Å². The number of aromatic nitrogens is 4. The zero-order valence-corrected chi connectivity index (χ0v) is 10.5. The quantitative estimate of drug-likeness (QED) is 0.744. The number of rotatable bonds is 3. The van der Waals surface area contributed by atoms with Gasteiger partial charge in [0.1, 0.15) is 0 Å². The van der Waals surface area contributed by atoms with E-state index in [-0.39, 0.29) is 11.9 Å². The van der Waals surface area contributed by atoms with Crippen LogP contribution in [0, 0.1) is 0 Å². The third-order valence-corrected chi connectivity index (χ3v) is 2.94. The van der Waals surface area contributed by atoms with Crippen molar-refractivity contribution in [3.63, 3.8) is 0 Å². The highest BCUT2D eigenvalue weighted by atomic mass is 16.5. The van der Waals surface area contributed by atoms with Gasteiger partial charge in [0.15, 0.2) is 0 Å². The maximum Gasteiger partial charge on any atom is 0.237 e. The van der Waals surface area contributed by atoms with E-state index in [9.17, 15) is 4.79 Å². The average molecular weight is 262 g/mol. The first-order valence-electron chi connectivity index (χ1n) is 6.05. The lowest BCUT2D eigenvalue weighted by Gasteiger charge is -2.21. The summed E-state index contributed by atoms with van der Waals surface area (Å²) >= 11 is 0. The van der Waals surface area contributed by atoms with Gasteiger partial charge >= 0.3 is 0 Å². The molecule has 3 heterocycles. The Balaban J connectivity index is 1.72. The van der Waals surface area contributed by atoms with Crippen LogP contribution in [0.1, 0.15) is 5.89 Å². The molecule has 1 saturated heterocycles. The zero-order chi connectivity index (χ0) is 13.2. The van der Waals surface area contributed by atoms with Gasteiger partial charge in [0.25, 0.3) is 0 Å². The van der Waals surface area contributed by atoms with Gasteiger partial charge in [-0.1, -0.05) is 5.16 Å². The van der Waals surface area contributed by atoms with Crippen molar-refractivity contribution in [2.45, 2.75) is 12.5 Å². The normalized spacial score (nSPS) is 19.4. The molecule has 100 valence electrons. The van der Waals surface area contributed by atoms with Crippen molar-refractivity contribution < 1.29 is 9.32 Å². The Hall–Kier alpha value is -2.22. The Morgan fingerprint density at radius 1 is 1.53 bits per heavy atom. The molecule has 19 heavy (non-hydrogen) atoms. The maximum absolute atomic E-state index is 11.6. The first kappa shape index (κ1) is 11.8. The van der Waals surface area contributed by atoms with Gasteiger partial charge in [0, 0.05) is 26.3 Å². The van der Waals surface area contributed by atoms with E-state index in [2.05, 4.69) is 25.9 Å². The van der Waals surface area contributed by atoms with Crippen molar-refractivity contribution in [1.82, 2.24) is 30.6 Å². The number of nitrogens with one attached hydrogen (secondary N) is 2. The molecule has 1 aliphatic rings. The predicted octanol–water partition coefficient (Wildman–Crippen LogP) is -0.899. The smallest absolute Gasteiger partial charge is 0.237 e. The molecule has 2 aromatic rings. The summed E-state index contributed by atoms with van der Waals surface area (Å²) in [6, 6.07) is -0.309. The van der Waals surface area contributed by atoms with Crippen molar-refractivity contribution in [2.75, 3.05) is 13.1 Å². The van der Waals surface area contributed by atoms with Crippen LogP contribution >= 0.6 is 0 Å². The van der Waals surface area contributed by atoms with E-state index in [0.29, 0.717) is 24.7 Å². The minimum atomic E-state index is -0.309. The summed E-state index contributed by atoms with van der Waals surface area (Å²) in [7, 11) is 1.82. The Morgan fingerprint density at radius 2 is 2.42 bits per heavy atom. The van der Waals surface area contributed by atoms with Crippen LogP contribution in [-0.2, 0) is 18.3 Å². The van der Waals surface area contributed by atoms with Crippen LogP contribution in [0.5, 0.6) is 0 Å². The first-order chi connectivity index (χ1) is 9.22. The summed E-state index contributed by atoms with van der Waals surface area (Å²) in [6.45, 7) is 1.40. The lowest BCUT2D eigenvalue weighted by molar-refractivity contribution is -0.124. The third kappa shape index (κ3) is 2.48. The Kier molecular flexibility index (Phi) is 3.00. The molecule has 2 N–H and O–H groups in total. The van der Waals surface area contributed by atoms with E-state index in [0.717, 1.165) is 12.1 Å². The van der Waals surface area contributed by atoms with Crippen LogP contribution in [0.4, 0.5) is 0 Å². The van der Waals surface area contributed by atoms with E-state index in [4.69, 9.17) is 4.52 Å². The molecule has 0 spiro atoms. The monoisotopic (exact) mass is 262 g/mol. The summed E-state index contributed by atoms with van der Waals surface area (Å²) < 4.78 is 6.83. The molecule has 1 amide bonds. The van der Waals surface area contributed by atoms with Gasteiger partial charge in [-0.25, -0.2) is 0 Å². The van der Waals surface area contributed by atoms with E-state index < -0.39 is 0 Å². The fraction of sp³-hybridized carbons (Fsp3) is 0.455. The molecular formula is C11H14N6O2. The fourth-order valence-corrected chi connectivity index (χ4v) is 1.98. The summed E-state index contributed by atoms with van der Waals surface area (Å²) in [5, 5.41) is 13.8. The molecule has 1 atom stereocenters. The molecule has 0 radical (unpaired) electrons. The second-order valence-electron chi connectivity index (χ2n) is 4.42. The SMILES string of the molecule is Cn1cc(-c2noc(CC3NCCNC3=O)n2)cn1. The number of amides is 1. The summed E-state index contributed by atoms with van der Waals surface area (Å²) in [5.41, 5.74) is 0.790. The van der Waals surface area contributed by atoms with Crippen molar-refractivity contribution in [3.05, 3.63) is 18.3 Å². The molecule has 0 bridgehead atoms. The Bertz CT molecular complexity index is 590. The van der Waals surface area contributed by atoms with Crippen molar-refractivity contribution in [1.29, 1.82) is 0 Å². The lowest BCUT2D eigenvalue weighted by atomic mass is 10.1. The van der Waals surface area contributed by atoms with Crippen LogP contribution in [0.25, 0.3) is 11.4 Å². The molecule has 8 nitrogen and oxygen atoms in total. The zero-order valence-electron chi connectivity index (χ0n) is 10.5. The maximum atomic E-state index is 11.6. The van der Waals surface area contributed by atoms with Crippen LogP contribution in [0.15, 0.2) is 16.9 Å². The Morgan fingerprint density at radius 3 is 3.16 bits per heavy atom. The first-order valence-corrected chi connectivity index (χ1v) is 6.05. The van der Waals surface area contributed by atoms with Crippen molar-refractivity contribution in [2.24, 2.45) is 7.05 Å². The molecule has 8 heteroatoms. The number of hydrogen-bond donors (Lipinski definition) is 2. The molecule has 1 fully saturated rings. The topological polar surface area (TPSA) is 97.9 Å². The van der Waals surface area contributed by atoms with Crippen LogP contribution in [0.3, 0.4) is 0 Å². The summed E-state index contributed by atoms with van der Waals surface area (Å²) in [5.74, 6) is 0.889. The number of carbonyl (C=O) groups excluding carboxylic acids is 1. The van der Waals surface area contributed by atoms with E-state index in [1.165, 1.54) is 0 Å². The van der Waals surface area contributed by atoms with E-state index in [1.807, 2.05) is 7.05 Å². The number of carbonyl (C=O) groups is 1. The van der Waals surface area contributed by atoms with Gasteiger partial charge in [-0.05, 0) is 0 Å². The standard InChI is InChI=1S/C11H14N6O2/c1-17-6-7(5-14-17)10-15-9(19-16-10)4-8-11(18)13-3-2-12-8/h5-6,8,12H,2-4H2,1H3,(H,13,18). The van der Waals surface area contributed by atoms with Gasteiger partial charge in [-0.15, -0.1) is 0 Å². The highest BCUT2D eigenvalue weighted by molar-refractivity contribution is 5.82. The number of hydrogen-bond acceptors (Lipinski definition) is 6. The molecule has 2 aromatic heterocycles. The van der Waals surface area contributed by atoms with Crippen LogP contribution in [-0.4, -0.2) is 45.0 Å². The fourth-order valence-electron chi connectivity index (χ4n) is 1.98. The Labute approximate surface area is 109 Å². The second kappa shape index (κ2) is 4.81. The lowest BCUT2D eigenvalue weighted by Crippen LogP contribution is -2.53. The molecule has 0 saturated carbocycles. The van der Waals surface area contributed by atoms with Crippen molar-refractivity contribution >= 4 is 5.91 Å². The van der Waals surface area contributed by atoms with Crippen LogP contribution in [0.2, 0.25) is 0 Å². The molecular weight excluding hydrogens is 248 g/mol. The number of nitrogens with zero attached hydrogens (tertiary/aromatic N) is 4. The number of piperazine rings is 1. The predicted molar refractivity (Wildman–Crippen MR) is 65.0 cm³/mol. The minimum absolute atomic E-state index is 0.0348. The average Bonchev–Trinajstić information content (AvgIpc) is 3.01. The van der Waals surface area contributed by atoms with Crippen LogP contribution < -0.4 is 10.6 Å². The molecule has 0 aliphatic carbocycles. The van der Waals surface area contributed by atoms with Gasteiger partial charge in [-0.2, -0.15) is 10.1 Å².